The number of anilines is 1. The molecule has 0 bridgehead atoms. The summed E-state index contributed by atoms with van der Waals surface area (Å²) in [5.41, 5.74) is 0.906. The normalized spacial score (nSPS) is 21.0. The van der Waals surface area contributed by atoms with Gasteiger partial charge in [-0.25, -0.2) is 9.97 Å². The largest absolute Gasteiger partial charge is 0.481 e. The van der Waals surface area contributed by atoms with Gasteiger partial charge in [0.2, 0.25) is 5.88 Å². The first-order valence-electron chi connectivity index (χ1n) is 7.29. The van der Waals surface area contributed by atoms with Crippen molar-refractivity contribution in [3.8, 4) is 5.88 Å². The Morgan fingerprint density at radius 3 is 3.00 bits per heavy atom. The van der Waals surface area contributed by atoms with Crippen LogP contribution in [-0.4, -0.2) is 45.4 Å². The minimum Gasteiger partial charge on any atom is -0.481 e. The van der Waals surface area contributed by atoms with Crippen molar-refractivity contribution in [3.63, 3.8) is 0 Å². The highest BCUT2D eigenvalue weighted by Gasteiger charge is 2.31. The van der Waals surface area contributed by atoms with Gasteiger partial charge in [0.25, 0.3) is 0 Å². The second-order valence-corrected chi connectivity index (χ2v) is 5.35. The van der Waals surface area contributed by atoms with E-state index in [1.165, 1.54) is 6.33 Å². The fourth-order valence-corrected chi connectivity index (χ4v) is 2.70. The summed E-state index contributed by atoms with van der Waals surface area (Å²) in [4.78, 5) is 12.9. The van der Waals surface area contributed by atoms with E-state index in [0.717, 1.165) is 36.8 Å². The van der Waals surface area contributed by atoms with Crippen LogP contribution in [0.5, 0.6) is 5.88 Å². The molecule has 2 N–H and O–H groups in total. The van der Waals surface area contributed by atoms with E-state index >= 15 is 0 Å². The van der Waals surface area contributed by atoms with Crippen molar-refractivity contribution in [2.24, 2.45) is 5.92 Å². The second kappa shape index (κ2) is 6.27. The fraction of sp³-hybridized carbons (Fsp3) is 0.571. The number of aryl methyl sites for hydroxylation is 1. The Bertz CT molecular complexity index is 631. The maximum atomic E-state index is 5.77. The Hall–Kier alpha value is -2.22. The molecule has 3 rings (SSSR count). The van der Waals surface area contributed by atoms with Crippen molar-refractivity contribution < 1.29 is 9.47 Å². The first-order valence-corrected chi connectivity index (χ1v) is 7.29. The Labute approximate surface area is 128 Å². The van der Waals surface area contributed by atoms with Crippen molar-refractivity contribution in [1.29, 1.82) is 0 Å². The average Bonchev–Trinajstić information content (AvgIpc) is 3.17. The van der Waals surface area contributed by atoms with Crippen molar-refractivity contribution in [2.45, 2.75) is 26.4 Å². The van der Waals surface area contributed by atoms with Gasteiger partial charge in [-0.1, -0.05) is 0 Å². The average molecular weight is 304 g/mol. The number of ether oxygens (including phenoxy) is 2. The van der Waals surface area contributed by atoms with E-state index in [9.17, 15) is 0 Å². The van der Waals surface area contributed by atoms with E-state index in [1.807, 2.05) is 13.8 Å². The van der Waals surface area contributed by atoms with Crippen LogP contribution >= 0.6 is 0 Å². The lowest BCUT2D eigenvalue weighted by atomic mass is 10.0. The Kier molecular flexibility index (Phi) is 4.19. The first-order chi connectivity index (χ1) is 10.7. The number of nitrogens with one attached hydrogen (secondary N) is 2. The molecule has 0 aromatic carbocycles. The second-order valence-electron chi connectivity index (χ2n) is 5.35. The Balaban J connectivity index is 1.71. The number of aromatic amines is 1. The molecule has 0 aliphatic carbocycles. The number of H-pyrrole nitrogens is 1. The SMILES string of the molecule is COc1nc(C)nc(NC[C@@H]2CCO[C@@H]2c2ncn[nH]2)c1C. The summed E-state index contributed by atoms with van der Waals surface area (Å²) in [6.07, 6.45) is 2.42. The van der Waals surface area contributed by atoms with Gasteiger partial charge in [0.05, 0.1) is 12.7 Å². The van der Waals surface area contributed by atoms with Crippen LogP contribution in [0.2, 0.25) is 0 Å². The first kappa shape index (κ1) is 14.7. The zero-order valence-electron chi connectivity index (χ0n) is 13.0. The van der Waals surface area contributed by atoms with Gasteiger partial charge in [-0.05, 0) is 20.3 Å². The number of nitrogens with zero attached hydrogens (tertiary/aromatic N) is 4. The maximum Gasteiger partial charge on any atom is 0.221 e. The smallest absolute Gasteiger partial charge is 0.221 e. The molecule has 118 valence electrons. The highest BCUT2D eigenvalue weighted by atomic mass is 16.5. The van der Waals surface area contributed by atoms with Crippen LogP contribution in [0.15, 0.2) is 6.33 Å². The predicted octanol–water partition coefficient (Wildman–Crippen LogP) is 1.41. The quantitative estimate of drug-likeness (QED) is 0.861. The van der Waals surface area contributed by atoms with E-state index in [0.29, 0.717) is 17.6 Å². The van der Waals surface area contributed by atoms with E-state index in [1.54, 1.807) is 7.11 Å². The third kappa shape index (κ3) is 2.87. The molecular formula is C14H20N6O2. The third-order valence-corrected chi connectivity index (χ3v) is 3.86. The van der Waals surface area contributed by atoms with Gasteiger partial charge in [-0.3, -0.25) is 5.10 Å². The zero-order chi connectivity index (χ0) is 15.5. The molecule has 0 saturated carbocycles. The molecule has 3 heterocycles. The summed E-state index contributed by atoms with van der Waals surface area (Å²) in [6.45, 7) is 5.26. The molecule has 1 saturated heterocycles. The summed E-state index contributed by atoms with van der Waals surface area (Å²) in [5.74, 6) is 3.17. The number of aromatic nitrogens is 5. The molecule has 0 unspecified atom stereocenters. The van der Waals surface area contributed by atoms with Gasteiger partial charge >= 0.3 is 0 Å². The summed E-state index contributed by atoms with van der Waals surface area (Å²) >= 11 is 0. The van der Waals surface area contributed by atoms with Crippen LogP contribution in [0.4, 0.5) is 5.82 Å². The molecule has 1 aliphatic heterocycles. The predicted molar refractivity (Wildman–Crippen MR) is 79.7 cm³/mol. The molecule has 0 radical (unpaired) electrons. The highest BCUT2D eigenvalue weighted by molar-refractivity contribution is 5.48. The molecular weight excluding hydrogens is 284 g/mol. The lowest BCUT2D eigenvalue weighted by molar-refractivity contribution is 0.0864. The maximum absolute atomic E-state index is 5.77. The summed E-state index contributed by atoms with van der Waals surface area (Å²) in [7, 11) is 1.61. The highest BCUT2D eigenvalue weighted by Crippen LogP contribution is 2.33. The Morgan fingerprint density at radius 2 is 2.27 bits per heavy atom. The third-order valence-electron chi connectivity index (χ3n) is 3.86. The van der Waals surface area contributed by atoms with Gasteiger partial charge in [-0.2, -0.15) is 10.1 Å². The number of hydrogen-bond acceptors (Lipinski definition) is 7. The van der Waals surface area contributed by atoms with Gasteiger partial charge in [0.1, 0.15) is 24.1 Å². The van der Waals surface area contributed by atoms with Gasteiger partial charge in [0.15, 0.2) is 5.82 Å². The molecule has 2 atom stereocenters. The lowest BCUT2D eigenvalue weighted by Gasteiger charge is -2.18. The van der Waals surface area contributed by atoms with Crippen LogP contribution in [0.25, 0.3) is 0 Å². The van der Waals surface area contributed by atoms with Crippen molar-refractivity contribution in [3.05, 3.63) is 23.5 Å². The van der Waals surface area contributed by atoms with Crippen LogP contribution < -0.4 is 10.1 Å². The molecule has 0 amide bonds. The molecule has 1 aliphatic rings. The minimum absolute atomic E-state index is 0.0554. The van der Waals surface area contributed by atoms with E-state index in [-0.39, 0.29) is 6.10 Å². The molecule has 8 nitrogen and oxygen atoms in total. The lowest BCUT2D eigenvalue weighted by Crippen LogP contribution is -2.20. The van der Waals surface area contributed by atoms with Crippen molar-refractivity contribution >= 4 is 5.82 Å². The van der Waals surface area contributed by atoms with Crippen LogP contribution in [-0.2, 0) is 4.74 Å². The molecule has 0 spiro atoms. The van der Waals surface area contributed by atoms with E-state index in [4.69, 9.17) is 9.47 Å². The Morgan fingerprint density at radius 1 is 1.41 bits per heavy atom. The number of methoxy groups -OCH3 is 1. The van der Waals surface area contributed by atoms with Crippen molar-refractivity contribution in [2.75, 3.05) is 25.6 Å². The van der Waals surface area contributed by atoms with Crippen LogP contribution in [0, 0.1) is 19.8 Å². The minimum atomic E-state index is -0.0554. The van der Waals surface area contributed by atoms with Crippen LogP contribution in [0.1, 0.15) is 29.7 Å². The molecule has 22 heavy (non-hydrogen) atoms. The van der Waals surface area contributed by atoms with E-state index < -0.39 is 0 Å². The standard InChI is InChI=1S/C14H20N6O2/c1-8-12(18-9(2)19-14(8)21-3)15-6-10-4-5-22-11(10)13-16-7-17-20-13/h7,10-11H,4-6H2,1-3H3,(H,15,18,19)(H,16,17,20)/t10-,11-/m0/s1. The van der Waals surface area contributed by atoms with Gasteiger partial charge in [0, 0.05) is 19.1 Å². The van der Waals surface area contributed by atoms with Crippen molar-refractivity contribution in [1.82, 2.24) is 25.1 Å². The topological polar surface area (TPSA) is 97.8 Å². The molecule has 2 aromatic rings. The number of hydrogen-bond donors (Lipinski definition) is 2. The molecule has 1 fully saturated rings. The van der Waals surface area contributed by atoms with Crippen LogP contribution in [0.3, 0.4) is 0 Å². The summed E-state index contributed by atoms with van der Waals surface area (Å²) < 4.78 is 11.0. The monoisotopic (exact) mass is 304 g/mol. The summed E-state index contributed by atoms with van der Waals surface area (Å²) in [5, 5.41) is 10.2. The molecule has 2 aromatic heterocycles. The fourth-order valence-electron chi connectivity index (χ4n) is 2.70. The van der Waals surface area contributed by atoms with Gasteiger partial charge in [-0.15, -0.1) is 0 Å². The zero-order valence-corrected chi connectivity index (χ0v) is 13.0. The van der Waals surface area contributed by atoms with E-state index in [2.05, 4.69) is 30.5 Å². The van der Waals surface area contributed by atoms with Gasteiger partial charge < -0.3 is 14.8 Å². The number of rotatable bonds is 5. The molecule has 8 heteroatoms. The summed E-state index contributed by atoms with van der Waals surface area (Å²) in [6, 6.07) is 0.